The maximum absolute atomic E-state index is 12.9. The molecule has 0 aromatic heterocycles. The molecule has 1 N–H and O–H groups in total. The van der Waals surface area contributed by atoms with Crippen molar-refractivity contribution in [1.82, 2.24) is 10.2 Å². The Kier molecular flexibility index (Phi) is 7.87. The van der Waals surface area contributed by atoms with Crippen LogP contribution in [-0.4, -0.2) is 36.3 Å². The number of nitrogens with one attached hydrogen (secondary N) is 1. The van der Waals surface area contributed by atoms with Crippen LogP contribution in [0.3, 0.4) is 0 Å². The van der Waals surface area contributed by atoms with E-state index in [1.54, 1.807) is 0 Å². The lowest BCUT2D eigenvalue weighted by Crippen LogP contribution is -2.42. The molecule has 2 amide bonds. The van der Waals surface area contributed by atoms with E-state index in [9.17, 15) is 9.59 Å². The second-order valence-electron chi connectivity index (χ2n) is 6.35. The summed E-state index contributed by atoms with van der Waals surface area (Å²) in [6.45, 7) is 5.59. The first-order valence-corrected chi connectivity index (χ1v) is 9.32. The van der Waals surface area contributed by atoms with Crippen LogP contribution in [0, 0.1) is 0 Å². The van der Waals surface area contributed by atoms with Crippen molar-refractivity contribution in [2.45, 2.75) is 32.6 Å². The quantitative estimate of drug-likeness (QED) is 0.750. The Morgan fingerprint density at radius 1 is 0.846 bits per heavy atom. The Morgan fingerprint density at radius 2 is 1.31 bits per heavy atom. The maximum atomic E-state index is 12.9. The van der Waals surface area contributed by atoms with E-state index in [0.717, 1.165) is 37.1 Å². The molecule has 4 nitrogen and oxygen atoms in total. The zero-order chi connectivity index (χ0) is 18.8. The first-order valence-electron chi connectivity index (χ1n) is 9.32. The van der Waals surface area contributed by atoms with Crippen LogP contribution < -0.4 is 5.32 Å². The summed E-state index contributed by atoms with van der Waals surface area (Å²) in [5.41, 5.74) is 1.84. The fourth-order valence-corrected chi connectivity index (χ4v) is 3.06. The van der Waals surface area contributed by atoms with E-state index >= 15 is 0 Å². The third-order valence-electron chi connectivity index (χ3n) is 4.28. The highest BCUT2D eigenvalue weighted by Crippen LogP contribution is 2.24. The first-order chi connectivity index (χ1) is 12.7. The van der Waals surface area contributed by atoms with E-state index in [0.29, 0.717) is 0 Å². The van der Waals surface area contributed by atoms with Gasteiger partial charge in [0.1, 0.15) is 0 Å². The third-order valence-corrected chi connectivity index (χ3v) is 4.28. The molecule has 0 aliphatic carbocycles. The Bertz CT molecular complexity index is 640. The van der Waals surface area contributed by atoms with E-state index in [2.05, 4.69) is 19.2 Å². The highest BCUT2D eigenvalue weighted by atomic mass is 16.2. The summed E-state index contributed by atoms with van der Waals surface area (Å²) in [6.07, 6.45) is 1.83. The van der Waals surface area contributed by atoms with Gasteiger partial charge >= 0.3 is 0 Å². The Labute approximate surface area is 156 Å². The second-order valence-corrected chi connectivity index (χ2v) is 6.35. The van der Waals surface area contributed by atoms with Crippen LogP contribution in [0.25, 0.3) is 0 Å². The fourth-order valence-electron chi connectivity index (χ4n) is 3.06. The van der Waals surface area contributed by atoms with Gasteiger partial charge in [0.25, 0.3) is 0 Å². The van der Waals surface area contributed by atoms with Gasteiger partial charge in [-0.25, -0.2) is 0 Å². The minimum absolute atomic E-state index is 0.0260. The number of benzene rings is 2. The number of rotatable bonds is 9. The first kappa shape index (κ1) is 19.7. The number of hydrogen-bond acceptors (Lipinski definition) is 2. The van der Waals surface area contributed by atoms with Crippen LogP contribution >= 0.6 is 0 Å². The molecule has 2 aromatic carbocycles. The van der Waals surface area contributed by atoms with E-state index in [4.69, 9.17) is 0 Å². The predicted molar refractivity (Wildman–Crippen MR) is 105 cm³/mol. The lowest BCUT2D eigenvalue weighted by Gasteiger charge is -2.23. The van der Waals surface area contributed by atoms with E-state index in [-0.39, 0.29) is 18.4 Å². The molecule has 0 heterocycles. The standard InChI is InChI=1S/C22H28N2O2/c1-3-15-24(16-4-2)20(25)17-23-22(26)21(18-11-7-5-8-12-18)19-13-9-6-10-14-19/h5-14,21H,3-4,15-17H2,1-2H3,(H,23,26). The van der Waals surface area contributed by atoms with Gasteiger partial charge in [-0.1, -0.05) is 74.5 Å². The van der Waals surface area contributed by atoms with Gasteiger partial charge in [-0.15, -0.1) is 0 Å². The molecule has 0 fully saturated rings. The minimum Gasteiger partial charge on any atom is -0.346 e. The molecule has 0 aliphatic rings. The smallest absolute Gasteiger partial charge is 0.241 e. The van der Waals surface area contributed by atoms with Crippen molar-refractivity contribution in [1.29, 1.82) is 0 Å². The van der Waals surface area contributed by atoms with Crippen molar-refractivity contribution >= 4 is 11.8 Å². The molecule has 2 aromatic rings. The van der Waals surface area contributed by atoms with Crippen molar-refractivity contribution < 1.29 is 9.59 Å². The average Bonchev–Trinajstić information content (AvgIpc) is 2.68. The summed E-state index contributed by atoms with van der Waals surface area (Å²) >= 11 is 0. The fraction of sp³-hybridized carbons (Fsp3) is 0.364. The number of hydrogen-bond donors (Lipinski definition) is 1. The summed E-state index contributed by atoms with van der Waals surface area (Å²) in [4.78, 5) is 27.2. The van der Waals surface area contributed by atoms with Crippen LogP contribution in [-0.2, 0) is 9.59 Å². The van der Waals surface area contributed by atoms with Crippen molar-refractivity contribution in [3.8, 4) is 0 Å². The van der Waals surface area contributed by atoms with Gasteiger partial charge in [-0.3, -0.25) is 9.59 Å². The number of nitrogens with zero attached hydrogens (tertiary/aromatic N) is 1. The van der Waals surface area contributed by atoms with Gasteiger partial charge in [0, 0.05) is 13.1 Å². The average molecular weight is 352 g/mol. The Hall–Kier alpha value is -2.62. The van der Waals surface area contributed by atoms with Crippen molar-refractivity contribution in [2.75, 3.05) is 19.6 Å². The molecule has 0 aliphatic heterocycles. The second kappa shape index (κ2) is 10.4. The van der Waals surface area contributed by atoms with E-state index < -0.39 is 5.92 Å². The molecule has 0 spiro atoms. The molecule has 138 valence electrons. The van der Waals surface area contributed by atoms with Crippen LogP contribution in [0.15, 0.2) is 60.7 Å². The third kappa shape index (κ3) is 5.45. The molecule has 0 saturated heterocycles. The highest BCUT2D eigenvalue weighted by Gasteiger charge is 2.23. The van der Waals surface area contributed by atoms with Gasteiger partial charge in [0.15, 0.2) is 0 Å². The van der Waals surface area contributed by atoms with Crippen LogP contribution in [0.1, 0.15) is 43.7 Å². The summed E-state index contributed by atoms with van der Waals surface area (Å²) in [7, 11) is 0. The highest BCUT2D eigenvalue weighted by molar-refractivity contribution is 5.90. The lowest BCUT2D eigenvalue weighted by molar-refractivity contribution is -0.133. The molecular formula is C22H28N2O2. The molecule has 0 atom stereocenters. The van der Waals surface area contributed by atoms with Crippen molar-refractivity contribution in [3.05, 3.63) is 71.8 Å². The molecule has 0 unspecified atom stereocenters. The SMILES string of the molecule is CCCN(CCC)C(=O)CNC(=O)C(c1ccccc1)c1ccccc1. The zero-order valence-corrected chi connectivity index (χ0v) is 15.7. The molecule has 4 heteroatoms. The summed E-state index contributed by atoms with van der Waals surface area (Å²) in [5.74, 6) is -0.596. The Balaban J connectivity index is 2.11. The molecule has 0 bridgehead atoms. The van der Waals surface area contributed by atoms with Crippen LogP contribution in [0.5, 0.6) is 0 Å². The molecule has 26 heavy (non-hydrogen) atoms. The van der Waals surface area contributed by atoms with Gasteiger partial charge in [0.2, 0.25) is 11.8 Å². The molecule has 2 rings (SSSR count). The topological polar surface area (TPSA) is 49.4 Å². The van der Waals surface area contributed by atoms with Gasteiger partial charge in [-0.2, -0.15) is 0 Å². The molecule has 0 saturated carbocycles. The summed E-state index contributed by atoms with van der Waals surface area (Å²) < 4.78 is 0. The van der Waals surface area contributed by atoms with Gasteiger partial charge in [-0.05, 0) is 24.0 Å². The zero-order valence-electron chi connectivity index (χ0n) is 15.7. The predicted octanol–water partition coefficient (Wildman–Crippen LogP) is 3.58. The van der Waals surface area contributed by atoms with Crippen molar-refractivity contribution in [3.63, 3.8) is 0 Å². The minimum atomic E-state index is -0.420. The maximum Gasteiger partial charge on any atom is 0.241 e. The van der Waals surface area contributed by atoms with Crippen LogP contribution in [0.4, 0.5) is 0 Å². The monoisotopic (exact) mass is 352 g/mol. The van der Waals surface area contributed by atoms with Crippen molar-refractivity contribution in [2.24, 2.45) is 0 Å². The van der Waals surface area contributed by atoms with E-state index in [1.807, 2.05) is 65.6 Å². The van der Waals surface area contributed by atoms with E-state index in [1.165, 1.54) is 0 Å². The lowest BCUT2D eigenvalue weighted by atomic mass is 9.90. The Morgan fingerprint density at radius 3 is 1.73 bits per heavy atom. The summed E-state index contributed by atoms with van der Waals surface area (Å²) in [5, 5.41) is 2.85. The van der Waals surface area contributed by atoms with Gasteiger partial charge < -0.3 is 10.2 Å². The number of carbonyl (C=O) groups excluding carboxylic acids is 2. The summed E-state index contributed by atoms with van der Waals surface area (Å²) in [6, 6.07) is 19.3. The number of amides is 2. The normalized spacial score (nSPS) is 10.6. The molecular weight excluding hydrogens is 324 g/mol. The van der Waals surface area contributed by atoms with Crippen LogP contribution in [0.2, 0.25) is 0 Å². The number of carbonyl (C=O) groups is 2. The largest absolute Gasteiger partial charge is 0.346 e. The molecule has 0 radical (unpaired) electrons. The van der Waals surface area contributed by atoms with Gasteiger partial charge in [0.05, 0.1) is 12.5 Å².